The molecule has 0 saturated carbocycles. The number of rotatable bonds is 9. The summed E-state index contributed by atoms with van der Waals surface area (Å²) in [6.07, 6.45) is 0. The minimum absolute atomic E-state index is 0.190. The van der Waals surface area contributed by atoms with Gasteiger partial charge in [0.05, 0.1) is 6.61 Å². The van der Waals surface area contributed by atoms with Gasteiger partial charge in [-0.15, -0.1) is 0 Å². The van der Waals surface area contributed by atoms with Crippen LogP contribution >= 0.6 is 0 Å². The molecular weight excluding hydrogens is 338 g/mol. The van der Waals surface area contributed by atoms with Gasteiger partial charge in [-0.2, -0.15) is 0 Å². The van der Waals surface area contributed by atoms with Gasteiger partial charge < -0.3 is 24.3 Å². The van der Waals surface area contributed by atoms with Gasteiger partial charge in [0.25, 0.3) is 5.91 Å². The van der Waals surface area contributed by atoms with E-state index in [1.165, 1.54) is 7.11 Å². The molecule has 0 unspecified atom stereocenters. The highest BCUT2D eigenvalue weighted by Crippen LogP contribution is 2.25. The normalized spacial score (nSPS) is 10.1. The molecule has 0 aliphatic heterocycles. The Balaban J connectivity index is 1.83. The third kappa shape index (κ3) is 6.45. The van der Waals surface area contributed by atoms with E-state index in [0.717, 1.165) is 5.75 Å². The average Bonchev–Trinajstić information content (AvgIpc) is 2.64. The lowest BCUT2D eigenvalue weighted by Crippen LogP contribution is -2.22. The molecule has 7 nitrogen and oxygen atoms in total. The third-order valence-corrected chi connectivity index (χ3v) is 3.13. The topological polar surface area (TPSA) is 83.1 Å². The van der Waals surface area contributed by atoms with Crippen LogP contribution < -0.4 is 14.8 Å². The molecule has 0 atom stereocenters. The molecule has 0 saturated heterocycles. The van der Waals surface area contributed by atoms with Gasteiger partial charge in [-0.05, 0) is 55.5 Å². The first-order valence-electron chi connectivity index (χ1n) is 8.06. The molecule has 0 spiro atoms. The summed E-state index contributed by atoms with van der Waals surface area (Å²) in [5.41, 5.74) is 0.567. The summed E-state index contributed by atoms with van der Waals surface area (Å²) < 4.78 is 20.4. The van der Waals surface area contributed by atoms with Crippen molar-refractivity contribution in [3.8, 4) is 17.2 Å². The number of hydrogen-bond donors (Lipinski definition) is 1. The summed E-state index contributed by atoms with van der Waals surface area (Å²) >= 11 is 0. The second-order valence-electron chi connectivity index (χ2n) is 5.17. The van der Waals surface area contributed by atoms with Crippen LogP contribution in [-0.4, -0.2) is 38.8 Å². The van der Waals surface area contributed by atoms with E-state index in [0.29, 0.717) is 23.8 Å². The van der Waals surface area contributed by atoms with Crippen LogP contribution in [0.3, 0.4) is 0 Å². The summed E-state index contributed by atoms with van der Waals surface area (Å²) in [6, 6.07) is 14.1. The van der Waals surface area contributed by atoms with Crippen molar-refractivity contribution in [1.29, 1.82) is 0 Å². The van der Waals surface area contributed by atoms with Crippen molar-refractivity contribution >= 4 is 17.6 Å². The van der Waals surface area contributed by atoms with Crippen LogP contribution in [0.1, 0.15) is 6.92 Å². The molecule has 0 aliphatic rings. The fourth-order valence-electron chi connectivity index (χ4n) is 2.02. The van der Waals surface area contributed by atoms with Gasteiger partial charge in [0.2, 0.25) is 0 Å². The van der Waals surface area contributed by atoms with Crippen LogP contribution in [0.15, 0.2) is 48.5 Å². The lowest BCUT2D eigenvalue weighted by molar-refractivity contribution is -0.150. The van der Waals surface area contributed by atoms with Gasteiger partial charge in [0.15, 0.2) is 6.61 Å². The highest BCUT2D eigenvalue weighted by atomic mass is 16.6. The van der Waals surface area contributed by atoms with Gasteiger partial charge in [-0.25, -0.2) is 4.79 Å². The molecular formula is C19H21NO6. The number of methoxy groups -OCH3 is 1. The minimum Gasteiger partial charge on any atom is -0.494 e. The summed E-state index contributed by atoms with van der Waals surface area (Å²) in [5, 5.41) is 2.62. The van der Waals surface area contributed by atoms with Crippen molar-refractivity contribution in [3.05, 3.63) is 48.5 Å². The van der Waals surface area contributed by atoms with Crippen molar-refractivity contribution in [2.45, 2.75) is 6.92 Å². The molecule has 2 aromatic rings. The number of anilines is 1. The van der Waals surface area contributed by atoms with Crippen molar-refractivity contribution in [1.82, 2.24) is 0 Å². The molecule has 0 heterocycles. The predicted octanol–water partition coefficient (Wildman–Crippen LogP) is 3.01. The predicted molar refractivity (Wildman–Crippen MR) is 95.6 cm³/mol. The molecule has 2 rings (SSSR count). The monoisotopic (exact) mass is 359 g/mol. The molecule has 0 aromatic heterocycles. The number of benzene rings is 2. The van der Waals surface area contributed by atoms with Crippen molar-refractivity contribution in [3.63, 3.8) is 0 Å². The smallest absolute Gasteiger partial charge is 0.332 e. The molecule has 138 valence electrons. The molecule has 0 fully saturated rings. The van der Waals surface area contributed by atoms with Crippen LogP contribution in [0.2, 0.25) is 0 Å². The Morgan fingerprint density at radius 2 is 1.46 bits per heavy atom. The van der Waals surface area contributed by atoms with E-state index >= 15 is 0 Å². The summed E-state index contributed by atoms with van der Waals surface area (Å²) in [7, 11) is 1.37. The van der Waals surface area contributed by atoms with E-state index in [-0.39, 0.29) is 13.2 Å². The average molecular weight is 359 g/mol. The Bertz CT molecular complexity index is 712. The zero-order chi connectivity index (χ0) is 18.8. The van der Waals surface area contributed by atoms with Crippen LogP contribution in [-0.2, 0) is 19.1 Å². The molecule has 0 bridgehead atoms. The highest BCUT2D eigenvalue weighted by Gasteiger charge is 2.07. The van der Waals surface area contributed by atoms with E-state index in [1.807, 2.05) is 31.2 Å². The zero-order valence-corrected chi connectivity index (χ0v) is 14.7. The van der Waals surface area contributed by atoms with Gasteiger partial charge in [-0.3, -0.25) is 4.79 Å². The molecule has 1 N–H and O–H groups in total. The fraction of sp³-hybridized carbons (Fsp3) is 0.263. The zero-order valence-electron chi connectivity index (χ0n) is 14.7. The van der Waals surface area contributed by atoms with Gasteiger partial charge in [-0.1, -0.05) is 0 Å². The number of carbonyl (C=O) groups is 2. The Morgan fingerprint density at radius 1 is 0.885 bits per heavy atom. The molecule has 0 aliphatic carbocycles. The van der Waals surface area contributed by atoms with Gasteiger partial charge in [0.1, 0.15) is 23.9 Å². The van der Waals surface area contributed by atoms with Crippen LogP contribution in [0.4, 0.5) is 5.69 Å². The second kappa shape index (κ2) is 10.0. The van der Waals surface area contributed by atoms with E-state index in [2.05, 4.69) is 10.1 Å². The number of amides is 1. The maximum absolute atomic E-state index is 11.7. The van der Waals surface area contributed by atoms with E-state index in [4.69, 9.17) is 14.2 Å². The van der Waals surface area contributed by atoms with Crippen molar-refractivity contribution < 1.29 is 28.5 Å². The number of ether oxygens (including phenoxy) is 4. The maximum atomic E-state index is 11.7. The minimum atomic E-state index is -0.596. The van der Waals surface area contributed by atoms with Crippen LogP contribution in [0, 0.1) is 0 Å². The van der Waals surface area contributed by atoms with Gasteiger partial charge >= 0.3 is 5.97 Å². The van der Waals surface area contributed by atoms with Crippen LogP contribution in [0.5, 0.6) is 17.2 Å². The number of esters is 1. The molecule has 1 amide bonds. The lowest BCUT2D eigenvalue weighted by atomic mass is 10.3. The molecule has 7 heteroatoms. The first kappa shape index (κ1) is 19.3. The molecule has 0 radical (unpaired) electrons. The number of hydrogen-bond acceptors (Lipinski definition) is 6. The second-order valence-corrected chi connectivity index (χ2v) is 5.17. The number of nitrogens with one attached hydrogen (secondary N) is 1. The van der Waals surface area contributed by atoms with E-state index in [9.17, 15) is 9.59 Å². The van der Waals surface area contributed by atoms with Crippen molar-refractivity contribution in [2.24, 2.45) is 0 Å². The fourth-order valence-corrected chi connectivity index (χ4v) is 2.02. The summed E-state index contributed by atoms with van der Waals surface area (Å²) in [5.74, 6) is 1.05. The van der Waals surface area contributed by atoms with Crippen molar-refractivity contribution in [2.75, 3.05) is 32.2 Å². The highest BCUT2D eigenvalue weighted by molar-refractivity contribution is 5.92. The maximum Gasteiger partial charge on any atom is 0.332 e. The first-order chi connectivity index (χ1) is 12.6. The van der Waals surface area contributed by atoms with E-state index < -0.39 is 11.9 Å². The summed E-state index contributed by atoms with van der Waals surface area (Å²) in [4.78, 5) is 22.8. The Morgan fingerprint density at radius 3 is 2.04 bits per heavy atom. The Kier molecular flexibility index (Phi) is 7.45. The Hall–Kier alpha value is -3.06. The SMILES string of the molecule is CCOc1ccc(Oc2ccc(NC(=O)COC(=O)COC)cc2)cc1. The number of carbonyl (C=O) groups excluding carboxylic acids is 2. The summed E-state index contributed by atoms with van der Waals surface area (Å²) in [6.45, 7) is 1.98. The quantitative estimate of drug-likeness (QED) is 0.693. The van der Waals surface area contributed by atoms with Gasteiger partial charge in [0, 0.05) is 12.8 Å². The molecule has 26 heavy (non-hydrogen) atoms. The van der Waals surface area contributed by atoms with Crippen LogP contribution in [0.25, 0.3) is 0 Å². The molecule has 2 aromatic carbocycles. The largest absolute Gasteiger partial charge is 0.494 e. The lowest BCUT2D eigenvalue weighted by Gasteiger charge is -2.09. The standard InChI is InChI=1S/C19H21NO6/c1-3-24-15-8-10-17(11-9-15)26-16-6-4-14(5-7-16)20-18(21)12-25-19(22)13-23-2/h4-11H,3,12-13H2,1-2H3,(H,20,21). The Labute approximate surface area is 151 Å². The van der Waals surface area contributed by atoms with E-state index in [1.54, 1.807) is 24.3 Å². The third-order valence-electron chi connectivity index (χ3n) is 3.13. The first-order valence-corrected chi connectivity index (χ1v) is 8.06.